The van der Waals surface area contributed by atoms with Gasteiger partial charge in [0.2, 0.25) is 5.76 Å². The van der Waals surface area contributed by atoms with Crippen LogP contribution in [0.1, 0.15) is 21.7 Å². The van der Waals surface area contributed by atoms with Gasteiger partial charge in [0.15, 0.2) is 12.4 Å². The molecule has 1 amide bonds. The van der Waals surface area contributed by atoms with Crippen LogP contribution < -0.4 is 10.1 Å². The summed E-state index contributed by atoms with van der Waals surface area (Å²) in [5, 5.41) is 3.06. The van der Waals surface area contributed by atoms with Gasteiger partial charge in [-0.25, -0.2) is 9.78 Å². The number of halogens is 2. The number of hydrogen-bond donors (Lipinski definition) is 1. The number of aromatic nitrogens is 1. The molecule has 0 atom stereocenters. The maximum absolute atomic E-state index is 12.2. The van der Waals surface area contributed by atoms with Crippen molar-refractivity contribution in [1.82, 2.24) is 4.98 Å². The normalized spacial score (nSPS) is 10.4. The average molecular weight is 435 g/mol. The molecule has 1 aromatic carbocycles. The van der Waals surface area contributed by atoms with Crippen molar-refractivity contribution in [2.75, 3.05) is 11.9 Å². The van der Waals surface area contributed by atoms with Crippen LogP contribution in [0.15, 0.2) is 53.3 Å². The molecule has 0 bridgehead atoms. The molecule has 0 aliphatic carbocycles. The number of furan rings is 1. The van der Waals surface area contributed by atoms with Crippen LogP contribution in [0.25, 0.3) is 0 Å². The Morgan fingerprint density at radius 2 is 1.93 bits per heavy atom. The van der Waals surface area contributed by atoms with Crippen molar-refractivity contribution < 1.29 is 23.5 Å². The number of pyridine rings is 1. The average Bonchev–Trinajstić information content (AvgIpc) is 3.20. The van der Waals surface area contributed by atoms with Gasteiger partial charge in [0.1, 0.15) is 12.4 Å². The highest BCUT2D eigenvalue weighted by atomic mass is 35.5. The van der Waals surface area contributed by atoms with E-state index >= 15 is 0 Å². The number of amides is 1. The molecule has 29 heavy (non-hydrogen) atoms. The maximum Gasteiger partial charge on any atom is 0.375 e. The minimum absolute atomic E-state index is 0.0350. The molecule has 0 saturated heterocycles. The quantitative estimate of drug-likeness (QED) is 0.543. The van der Waals surface area contributed by atoms with Crippen LogP contribution in [0.2, 0.25) is 10.0 Å². The minimum Gasteiger partial charge on any atom is -0.489 e. The first-order chi connectivity index (χ1) is 14.0. The van der Waals surface area contributed by atoms with Crippen molar-refractivity contribution in [3.8, 4) is 5.75 Å². The molecular formula is C20H16Cl2N2O5. The topological polar surface area (TPSA) is 90.7 Å². The van der Waals surface area contributed by atoms with E-state index < -0.39 is 18.5 Å². The fraction of sp³-hybridized carbons (Fsp3) is 0.150. The Morgan fingerprint density at radius 3 is 2.69 bits per heavy atom. The van der Waals surface area contributed by atoms with Crippen molar-refractivity contribution in [3.05, 3.63) is 75.8 Å². The van der Waals surface area contributed by atoms with Gasteiger partial charge in [-0.1, -0.05) is 41.4 Å². The Hall–Kier alpha value is -3.03. The van der Waals surface area contributed by atoms with E-state index in [0.717, 1.165) is 0 Å². The first-order valence-corrected chi connectivity index (χ1v) is 9.23. The van der Waals surface area contributed by atoms with E-state index in [2.05, 4.69) is 10.3 Å². The Kier molecular flexibility index (Phi) is 6.74. The highest BCUT2D eigenvalue weighted by Crippen LogP contribution is 2.28. The fourth-order valence-electron chi connectivity index (χ4n) is 2.32. The Bertz CT molecular complexity index is 1020. The van der Waals surface area contributed by atoms with Gasteiger partial charge in [-0.15, -0.1) is 0 Å². The number of carbonyl (C=O) groups is 2. The predicted octanol–water partition coefficient (Wildman–Crippen LogP) is 4.66. The number of ether oxygens (including phenoxy) is 2. The number of benzene rings is 1. The number of nitrogens with one attached hydrogen (secondary N) is 1. The lowest BCUT2D eigenvalue weighted by Gasteiger charge is -2.09. The third-order valence-corrected chi connectivity index (χ3v) is 4.71. The molecule has 9 heteroatoms. The van der Waals surface area contributed by atoms with Gasteiger partial charge in [0.05, 0.1) is 16.3 Å². The van der Waals surface area contributed by atoms with E-state index in [1.807, 2.05) is 18.2 Å². The van der Waals surface area contributed by atoms with E-state index in [0.29, 0.717) is 21.9 Å². The number of anilines is 1. The van der Waals surface area contributed by atoms with Gasteiger partial charge in [0, 0.05) is 11.8 Å². The second kappa shape index (κ2) is 9.45. The Labute approximate surface area is 176 Å². The zero-order valence-corrected chi connectivity index (χ0v) is 16.8. The summed E-state index contributed by atoms with van der Waals surface area (Å²) < 4.78 is 15.8. The lowest BCUT2D eigenvalue weighted by Crippen LogP contribution is -2.22. The lowest BCUT2D eigenvalue weighted by atomic mass is 10.2. The number of esters is 1. The molecule has 0 radical (unpaired) electrons. The number of nitrogens with zero attached hydrogens (tertiary/aromatic N) is 1. The van der Waals surface area contributed by atoms with Crippen LogP contribution >= 0.6 is 23.2 Å². The first kappa shape index (κ1) is 20.7. The van der Waals surface area contributed by atoms with E-state index in [1.165, 1.54) is 12.5 Å². The molecule has 7 nitrogen and oxygen atoms in total. The number of carbonyl (C=O) groups excluding carboxylic acids is 2. The van der Waals surface area contributed by atoms with Gasteiger partial charge in [-0.2, -0.15) is 0 Å². The van der Waals surface area contributed by atoms with Crippen LogP contribution in [-0.4, -0.2) is 23.5 Å². The summed E-state index contributed by atoms with van der Waals surface area (Å²) in [5.41, 5.74) is 1.08. The molecule has 2 aromatic heterocycles. The monoisotopic (exact) mass is 434 g/mol. The molecule has 0 aliphatic heterocycles. The first-order valence-electron chi connectivity index (χ1n) is 8.47. The summed E-state index contributed by atoms with van der Waals surface area (Å²) in [6, 6.07) is 10.7. The van der Waals surface area contributed by atoms with Gasteiger partial charge >= 0.3 is 5.97 Å². The Balaban J connectivity index is 1.55. The van der Waals surface area contributed by atoms with Crippen molar-refractivity contribution >= 4 is 40.9 Å². The van der Waals surface area contributed by atoms with Crippen molar-refractivity contribution in [2.24, 2.45) is 0 Å². The van der Waals surface area contributed by atoms with Gasteiger partial charge in [-0.3, -0.25) is 4.79 Å². The van der Waals surface area contributed by atoms with Gasteiger partial charge in [0.25, 0.3) is 5.91 Å². The highest BCUT2D eigenvalue weighted by molar-refractivity contribution is 6.37. The van der Waals surface area contributed by atoms with Crippen LogP contribution in [0, 0.1) is 6.92 Å². The molecule has 3 rings (SSSR count). The maximum atomic E-state index is 12.2. The summed E-state index contributed by atoms with van der Waals surface area (Å²) in [7, 11) is 0. The number of hydrogen-bond acceptors (Lipinski definition) is 6. The molecular weight excluding hydrogens is 419 g/mol. The zero-order chi connectivity index (χ0) is 20.8. The highest BCUT2D eigenvalue weighted by Gasteiger charge is 2.19. The summed E-state index contributed by atoms with van der Waals surface area (Å²) in [6.07, 6.45) is 2.72. The third-order valence-electron chi connectivity index (χ3n) is 3.86. The molecule has 2 heterocycles. The van der Waals surface area contributed by atoms with Gasteiger partial charge < -0.3 is 19.2 Å². The largest absolute Gasteiger partial charge is 0.489 e. The van der Waals surface area contributed by atoms with Crippen molar-refractivity contribution in [2.45, 2.75) is 13.5 Å². The summed E-state index contributed by atoms with van der Waals surface area (Å²) in [4.78, 5) is 28.3. The lowest BCUT2D eigenvalue weighted by molar-refractivity contribution is -0.119. The predicted molar refractivity (Wildman–Crippen MR) is 107 cm³/mol. The summed E-state index contributed by atoms with van der Waals surface area (Å²) in [6.45, 7) is 1.26. The summed E-state index contributed by atoms with van der Waals surface area (Å²) >= 11 is 12.0. The molecule has 0 unspecified atom stereocenters. The van der Waals surface area contributed by atoms with Gasteiger partial charge in [-0.05, 0) is 30.7 Å². The van der Waals surface area contributed by atoms with E-state index in [1.54, 1.807) is 25.1 Å². The smallest absolute Gasteiger partial charge is 0.375 e. The molecule has 0 spiro atoms. The second-order valence-electron chi connectivity index (χ2n) is 5.89. The van der Waals surface area contributed by atoms with Crippen LogP contribution in [0.4, 0.5) is 5.82 Å². The molecule has 150 valence electrons. The SMILES string of the molecule is Cc1c(Cl)cnc(NC(=O)COC(=O)c2occc2COc2ccccc2)c1Cl. The zero-order valence-electron chi connectivity index (χ0n) is 15.3. The summed E-state index contributed by atoms with van der Waals surface area (Å²) in [5.74, 6) is -0.655. The number of para-hydroxylation sites is 1. The van der Waals surface area contributed by atoms with E-state index in [9.17, 15) is 9.59 Å². The molecule has 3 aromatic rings. The third kappa shape index (κ3) is 5.28. The fourth-order valence-corrected chi connectivity index (χ4v) is 2.70. The molecule has 0 saturated carbocycles. The van der Waals surface area contributed by atoms with Crippen LogP contribution in [-0.2, 0) is 16.1 Å². The minimum atomic E-state index is -0.789. The van der Waals surface area contributed by atoms with Crippen LogP contribution in [0.3, 0.4) is 0 Å². The standard InChI is InChI=1S/C20H16Cl2N2O5/c1-12-15(21)9-23-19(17(12)22)24-16(25)11-29-20(26)18-13(7-8-27-18)10-28-14-5-3-2-4-6-14/h2-9H,10-11H2,1H3,(H,23,24,25). The van der Waals surface area contributed by atoms with Crippen molar-refractivity contribution in [3.63, 3.8) is 0 Å². The van der Waals surface area contributed by atoms with Crippen LogP contribution in [0.5, 0.6) is 5.75 Å². The van der Waals surface area contributed by atoms with Crippen molar-refractivity contribution in [1.29, 1.82) is 0 Å². The number of rotatable bonds is 7. The Morgan fingerprint density at radius 1 is 1.17 bits per heavy atom. The van der Waals surface area contributed by atoms with E-state index in [-0.39, 0.29) is 23.2 Å². The molecule has 1 N–H and O–H groups in total. The van der Waals surface area contributed by atoms with E-state index in [4.69, 9.17) is 37.1 Å². The molecule has 0 fully saturated rings. The second-order valence-corrected chi connectivity index (χ2v) is 6.68. The molecule has 0 aliphatic rings.